The van der Waals surface area contributed by atoms with Gasteiger partial charge in [0.25, 0.3) is 5.91 Å². The third-order valence-corrected chi connectivity index (χ3v) is 3.18. The molecule has 1 rings (SSSR count). The van der Waals surface area contributed by atoms with Crippen LogP contribution < -0.4 is 10.1 Å². The molecule has 2 unspecified atom stereocenters. The summed E-state index contributed by atoms with van der Waals surface area (Å²) in [6.45, 7) is 6.51. The summed E-state index contributed by atoms with van der Waals surface area (Å²) in [5, 5.41) is 12.3. The summed E-state index contributed by atoms with van der Waals surface area (Å²) in [4.78, 5) is 11.9. The number of ether oxygens (including phenoxy) is 2. The molecule has 0 aliphatic rings. The quantitative estimate of drug-likeness (QED) is 0.720. The predicted molar refractivity (Wildman–Crippen MR) is 81.4 cm³/mol. The van der Waals surface area contributed by atoms with E-state index in [2.05, 4.69) is 5.32 Å². The van der Waals surface area contributed by atoms with Crippen LogP contribution in [0.25, 0.3) is 0 Å². The second-order valence-corrected chi connectivity index (χ2v) is 5.10. The van der Waals surface area contributed by atoms with E-state index in [9.17, 15) is 9.90 Å². The Balaban J connectivity index is 2.54. The van der Waals surface area contributed by atoms with Crippen LogP contribution in [0.3, 0.4) is 0 Å². The Labute approximate surface area is 126 Å². The van der Waals surface area contributed by atoms with Gasteiger partial charge in [-0.3, -0.25) is 4.79 Å². The highest BCUT2D eigenvalue weighted by molar-refractivity contribution is 5.80. The van der Waals surface area contributed by atoms with Crippen molar-refractivity contribution in [3.63, 3.8) is 0 Å². The molecule has 1 aromatic rings. The lowest BCUT2D eigenvalue weighted by Crippen LogP contribution is -2.37. The number of hydrogen-bond donors (Lipinski definition) is 2. The molecule has 5 nitrogen and oxygen atoms in total. The van der Waals surface area contributed by atoms with E-state index in [4.69, 9.17) is 9.47 Å². The van der Waals surface area contributed by atoms with Crippen molar-refractivity contribution in [1.29, 1.82) is 0 Å². The average Bonchev–Trinajstić information content (AvgIpc) is 2.45. The van der Waals surface area contributed by atoms with Gasteiger partial charge in [-0.1, -0.05) is 6.07 Å². The van der Waals surface area contributed by atoms with Crippen LogP contribution in [0, 0.1) is 6.92 Å². The van der Waals surface area contributed by atoms with Crippen molar-refractivity contribution in [3.8, 4) is 5.75 Å². The fraction of sp³-hybridized carbons (Fsp3) is 0.562. The largest absolute Gasteiger partial charge is 0.481 e. The van der Waals surface area contributed by atoms with Crippen LogP contribution in [0.1, 0.15) is 37.5 Å². The highest BCUT2D eigenvalue weighted by Gasteiger charge is 2.15. The minimum atomic E-state index is -0.566. The first-order valence-corrected chi connectivity index (χ1v) is 7.17. The molecular weight excluding hydrogens is 270 g/mol. The fourth-order valence-corrected chi connectivity index (χ4v) is 1.88. The number of nitrogens with one attached hydrogen (secondary N) is 1. The Morgan fingerprint density at radius 1 is 1.38 bits per heavy atom. The predicted octanol–water partition coefficient (Wildman–Crippen LogP) is 1.97. The molecule has 0 heterocycles. The van der Waals surface area contributed by atoms with Crippen LogP contribution in [0.2, 0.25) is 0 Å². The average molecular weight is 295 g/mol. The molecule has 0 aromatic heterocycles. The van der Waals surface area contributed by atoms with Gasteiger partial charge in [-0.15, -0.1) is 0 Å². The summed E-state index contributed by atoms with van der Waals surface area (Å²) in [6.07, 6.45) is -0.306. The van der Waals surface area contributed by atoms with E-state index >= 15 is 0 Å². The summed E-state index contributed by atoms with van der Waals surface area (Å²) in [7, 11) is 1.63. The van der Waals surface area contributed by atoms with Crippen LogP contribution in [0.15, 0.2) is 18.2 Å². The molecular formula is C16H25NO4. The molecule has 118 valence electrons. The van der Waals surface area contributed by atoms with Crippen LogP contribution in [0.5, 0.6) is 5.75 Å². The number of aliphatic hydroxyl groups is 1. The van der Waals surface area contributed by atoms with Gasteiger partial charge in [0.1, 0.15) is 5.75 Å². The monoisotopic (exact) mass is 295 g/mol. The zero-order valence-corrected chi connectivity index (χ0v) is 13.2. The van der Waals surface area contributed by atoms with Crippen molar-refractivity contribution in [2.45, 2.75) is 39.4 Å². The molecule has 0 aliphatic carbocycles. The second kappa shape index (κ2) is 8.64. The van der Waals surface area contributed by atoms with Crippen molar-refractivity contribution < 1.29 is 19.4 Å². The van der Waals surface area contributed by atoms with Gasteiger partial charge in [-0.05, 0) is 50.5 Å². The molecule has 2 N–H and O–H groups in total. The number of methoxy groups -OCH3 is 1. The number of rotatable bonds is 8. The van der Waals surface area contributed by atoms with Crippen LogP contribution >= 0.6 is 0 Å². The molecule has 21 heavy (non-hydrogen) atoms. The number of amides is 1. The molecule has 0 bridgehead atoms. The van der Waals surface area contributed by atoms with E-state index in [0.717, 1.165) is 17.5 Å². The van der Waals surface area contributed by atoms with Gasteiger partial charge in [0.15, 0.2) is 6.10 Å². The SMILES string of the molecule is COCCCNC(=O)C(C)Oc1ccc(C(C)O)cc1C. The Bertz CT molecular complexity index is 460. The van der Waals surface area contributed by atoms with Crippen LogP contribution in [0.4, 0.5) is 0 Å². The topological polar surface area (TPSA) is 67.8 Å². The van der Waals surface area contributed by atoms with E-state index in [-0.39, 0.29) is 5.91 Å². The van der Waals surface area contributed by atoms with Crippen LogP contribution in [-0.4, -0.2) is 37.4 Å². The zero-order valence-electron chi connectivity index (χ0n) is 13.2. The second-order valence-electron chi connectivity index (χ2n) is 5.10. The molecule has 5 heteroatoms. The molecule has 0 aliphatic heterocycles. The van der Waals surface area contributed by atoms with E-state index in [0.29, 0.717) is 18.9 Å². The number of hydrogen-bond acceptors (Lipinski definition) is 4. The third kappa shape index (κ3) is 5.73. The Kier molecular flexibility index (Phi) is 7.19. The molecule has 1 amide bonds. The summed E-state index contributed by atoms with van der Waals surface area (Å²) in [5.74, 6) is 0.504. The Morgan fingerprint density at radius 2 is 2.10 bits per heavy atom. The first-order chi connectivity index (χ1) is 9.95. The van der Waals surface area contributed by atoms with E-state index in [1.165, 1.54) is 0 Å². The normalized spacial score (nSPS) is 13.6. The molecule has 0 spiro atoms. The van der Waals surface area contributed by atoms with Gasteiger partial charge in [0, 0.05) is 20.3 Å². The summed E-state index contributed by atoms with van der Waals surface area (Å²) in [6, 6.07) is 5.45. The molecule has 1 aromatic carbocycles. The molecule has 0 saturated heterocycles. The lowest BCUT2D eigenvalue weighted by molar-refractivity contribution is -0.127. The minimum Gasteiger partial charge on any atom is -0.481 e. The van der Waals surface area contributed by atoms with Crippen molar-refractivity contribution in [2.75, 3.05) is 20.3 Å². The highest BCUT2D eigenvalue weighted by Crippen LogP contribution is 2.23. The van der Waals surface area contributed by atoms with E-state index in [1.807, 2.05) is 13.0 Å². The first kappa shape index (κ1) is 17.5. The maximum Gasteiger partial charge on any atom is 0.260 e. The van der Waals surface area contributed by atoms with Crippen molar-refractivity contribution in [2.24, 2.45) is 0 Å². The third-order valence-electron chi connectivity index (χ3n) is 3.18. The van der Waals surface area contributed by atoms with Gasteiger partial charge in [-0.2, -0.15) is 0 Å². The first-order valence-electron chi connectivity index (χ1n) is 7.17. The number of aryl methyl sites for hydroxylation is 1. The summed E-state index contributed by atoms with van der Waals surface area (Å²) >= 11 is 0. The van der Waals surface area contributed by atoms with Crippen molar-refractivity contribution in [3.05, 3.63) is 29.3 Å². The van der Waals surface area contributed by atoms with Crippen molar-refractivity contribution in [1.82, 2.24) is 5.32 Å². The fourth-order valence-electron chi connectivity index (χ4n) is 1.88. The number of benzene rings is 1. The molecule has 0 radical (unpaired) electrons. The Hall–Kier alpha value is -1.59. The summed E-state index contributed by atoms with van der Waals surface area (Å²) in [5.41, 5.74) is 1.73. The number of carbonyl (C=O) groups is 1. The highest BCUT2D eigenvalue weighted by atomic mass is 16.5. The maximum atomic E-state index is 11.9. The molecule has 0 fully saturated rings. The zero-order chi connectivity index (χ0) is 15.8. The minimum absolute atomic E-state index is 0.148. The van der Waals surface area contributed by atoms with Crippen molar-refractivity contribution >= 4 is 5.91 Å². The van der Waals surface area contributed by atoms with Gasteiger partial charge >= 0.3 is 0 Å². The van der Waals surface area contributed by atoms with Gasteiger partial charge in [-0.25, -0.2) is 0 Å². The standard InChI is InChI=1S/C16H25NO4/c1-11-10-14(12(2)18)6-7-15(11)21-13(3)16(19)17-8-5-9-20-4/h6-7,10,12-13,18H,5,8-9H2,1-4H3,(H,17,19). The lowest BCUT2D eigenvalue weighted by atomic mass is 10.1. The number of aliphatic hydroxyl groups excluding tert-OH is 1. The van der Waals surface area contributed by atoms with Gasteiger partial charge < -0.3 is 19.9 Å². The van der Waals surface area contributed by atoms with E-state index in [1.54, 1.807) is 33.1 Å². The van der Waals surface area contributed by atoms with Crippen LogP contribution in [-0.2, 0) is 9.53 Å². The smallest absolute Gasteiger partial charge is 0.260 e. The molecule has 0 saturated carbocycles. The molecule has 2 atom stereocenters. The van der Waals surface area contributed by atoms with Gasteiger partial charge in [0.05, 0.1) is 6.10 Å². The van der Waals surface area contributed by atoms with Gasteiger partial charge in [0.2, 0.25) is 0 Å². The lowest BCUT2D eigenvalue weighted by Gasteiger charge is -2.17. The maximum absolute atomic E-state index is 11.9. The summed E-state index contributed by atoms with van der Waals surface area (Å²) < 4.78 is 10.6. The Morgan fingerprint density at radius 3 is 2.67 bits per heavy atom. The van der Waals surface area contributed by atoms with E-state index < -0.39 is 12.2 Å². The number of carbonyl (C=O) groups excluding carboxylic acids is 1.